The van der Waals surface area contributed by atoms with Crippen molar-refractivity contribution in [2.75, 3.05) is 5.32 Å². The van der Waals surface area contributed by atoms with Crippen LogP contribution in [-0.4, -0.2) is 22.7 Å². The SMILES string of the molecule is O=C(Nc1ccc(C(=O)[O-])cc1)/C(=C\c1ccc([N+](=O)[O-])cc1)NC(=O)c1ccccc1Cl. The van der Waals surface area contributed by atoms with E-state index in [1.54, 1.807) is 12.1 Å². The van der Waals surface area contributed by atoms with Gasteiger partial charge in [0, 0.05) is 17.8 Å². The molecule has 3 rings (SSSR count). The van der Waals surface area contributed by atoms with Crippen LogP contribution in [0, 0.1) is 10.1 Å². The number of carbonyl (C=O) groups is 3. The summed E-state index contributed by atoms with van der Waals surface area (Å²) in [4.78, 5) is 46.8. The summed E-state index contributed by atoms with van der Waals surface area (Å²) in [6, 6.07) is 16.9. The van der Waals surface area contributed by atoms with Gasteiger partial charge in [-0.05, 0) is 53.6 Å². The van der Waals surface area contributed by atoms with E-state index in [1.165, 1.54) is 66.7 Å². The standard InChI is InChI=1S/C23H16ClN3O6/c24-19-4-2-1-3-18(19)21(28)26-20(13-14-5-11-17(12-6-14)27(32)33)22(29)25-16-9-7-15(8-10-16)23(30)31/h1-13H,(H,25,29)(H,26,28)(H,30,31)/p-1/b20-13+. The predicted molar refractivity (Wildman–Crippen MR) is 119 cm³/mol. The molecule has 0 aromatic heterocycles. The number of anilines is 1. The number of hydrogen-bond acceptors (Lipinski definition) is 6. The molecule has 3 aromatic rings. The maximum Gasteiger partial charge on any atom is 0.272 e. The molecular formula is C23H15ClN3O6-. The van der Waals surface area contributed by atoms with Gasteiger partial charge in [0.05, 0.1) is 21.5 Å². The number of hydrogen-bond donors (Lipinski definition) is 2. The number of halogens is 1. The van der Waals surface area contributed by atoms with Crippen molar-refractivity contribution in [3.63, 3.8) is 0 Å². The van der Waals surface area contributed by atoms with Gasteiger partial charge < -0.3 is 20.5 Å². The first-order chi connectivity index (χ1) is 15.7. The van der Waals surface area contributed by atoms with Crippen LogP contribution in [0.2, 0.25) is 5.02 Å². The zero-order valence-corrected chi connectivity index (χ0v) is 17.5. The Morgan fingerprint density at radius 2 is 1.55 bits per heavy atom. The van der Waals surface area contributed by atoms with E-state index in [-0.39, 0.29) is 33.2 Å². The number of nitrogens with one attached hydrogen (secondary N) is 2. The third-order valence-electron chi connectivity index (χ3n) is 4.40. The second kappa shape index (κ2) is 10.2. The van der Waals surface area contributed by atoms with Gasteiger partial charge in [-0.2, -0.15) is 0 Å². The van der Waals surface area contributed by atoms with Gasteiger partial charge in [0.2, 0.25) is 0 Å². The van der Waals surface area contributed by atoms with E-state index in [0.29, 0.717) is 5.56 Å². The minimum Gasteiger partial charge on any atom is -0.545 e. The molecule has 2 amide bonds. The Balaban J connectivity index is 1.90. The summed E-state index contributed by atoms with van der Waals surface area (Å²) in [5.74, 6) is -2.72. The van der Waals surface area contributed by atoms with Crippen LogP contribution in [0.1, 0.15) is 26.3 Å². The van der Waals surface area contributed by atoms with Crippen molar-refractivity contribution in [2.45, 2.75) is 0 Å². The maximum atomic E-state index is 12.9. The number of rotatable bonds is 7. The Hall–Kier alpha value is -4.50. The van der Waals surface area contributed by atoms with Gasteiger partial charge in [-0.25, -0.2) is 0 Å². The lowest BCUT2D eigenvalue weighted by Gasteiger charge is -2.12. The highest BCUT2D eigenvalue weighted by Gasteiger charge is 2.17. The van der Waals surface area contributed by atoms with Crippen LogP contribution < -0.4 is 15.7 Å². The highest BCUT2D eigenvalue weighted by atomic mass is 35.5. The quantitative estimate of drug-likeness (QED) is 0.312. The Labute approximate surface area is 192 Å². The van der Waals surface area contributed by atoms with Gasteiger partial charge in [-0.1, -0.05) is 35.9 Å². The Morgan fingerprint density at radius 1 is 0.909 bits per heavy atom. The normalized spacial score (nSPS) is 10.9. The summed E-state index contributed by atoms with van der Waals surface area (Å²) in [5.41, 5.74) is 0.453. The molecule has 0 saturated heterocycles. The van der Waals surface area contributed by atoms with E-state index in [1.807, 2.05) is 0 Å². The average molecular weight is 465 g/mol. The first-order valence-corrected chi connectivity index (χ1v) is 9.77. The molecule has 33 heavy (non-hydrogen) atoms. The molecule has 0 bridgehead atoms. The van der Waals surface area contributed by atoms with Crippen LogP contribution in [0.15, 0.2) is 78.5 Å². The van der Waals surface area contributed by atoms with E-state index in [4.69, 9.17) is 11.6 Å². The van der Waals surface area contributed by atoms with E-state index in [0.717, 1.165) is 0 Å². The molecule has 0 aliphatic rings. The van der Waals surface area contributed by atoms with E-state index in [9.17, 15) is 29.6 Å². The molecule has 0 aliphatic carbocycles. The topological polar surface area (TPSA) is 141 Å². The number of nitro groups is 1. The lowest BCUT2D eigenvalue weighted by molar-refractivity contribution is -0.384. The molecular weight excluding hydrogens is 450 g/mol. The minimum atomic E-state index is -1.36. The van der Waals surface area contributed by atoms with Crippen molar-refractivity contribution < 1.29 is 24.4 Å². The van der Waals surface area contributed by atoms with E-state index < -0.39 is 22.7 Å². The molecule has 2 N–H and O–H groups in total. The predicted octanol–water partition coefficient (Wildman–Crippen LogP) is 3.02. The monoisotopic (exact) mass is 464 g/mol. The number of non-ortho nitro benzene ring substituents is 1. The fourth-order valence-electron chi connectivity index (χ4n) is 2.74. The molecule has 0 saturated carbocycles. The van der Waals surface area contributed by atoms with Crippen LogP contribution in [0.3, 0.4) is 0 Å². The third kappa shape index (κ3) is 6.02. The summed E-state index contributed by atoms with van der Waals surface area (Å²) in [7, 11) is 0. The van der Waals surface area contributed by atoms with Crippen molar-refractivity contribution in [2.24, 2.45) is 0 Å². The average Bonchev–Trinajstić information content (AvgIpc) is 2.79. The first kappa shape index (κ1) is 23.2. The Morgan fingerprint density at radius 3 is 2.12 bits per heavy atom. The van der Waals surface area contributed by atoms with Crippen molar-refractivity contribution in [3.8, 4) is 0 Å². The number of carboxylic acids is 1. The number of nitro benzene ring substituents is 1. The largest absolute Gasteiger partial charge is 0.545 e. The zero-order chi connectivity index (χ0) is 24.0. The molecule has 10 heteroatoms. The number of aromatic carboxylic acids is 1. The fraction of sp³-hybridized carbons (Fsp3) is 0. The van der Waals surface area contributed by atoms with Gasteiger partial charge in [0.1, 0.15) is 5.70 Å². The van der Waals surface area contributed by atoms with Gasteiger partial charge in [-0.15, -0.1) is 0 Å². The second-order valence-corrected chi connectivity index (χ2v) is 7.07. The highest BCUT2D eigenvalue weighted by molar-refractivity contribution is 6.34. The highest BCUT2D eigenvalue weighted by Crippen LogP contribution is 2.18. The van der Waals surface area contributed by atoms with Crippen LogP contribution in [0.5, 0.6) is 0 Å². The van der Waals surface area contributed by atoms with Crippen LogP contribution >= 0.6 is 11.6 Å². The lowest BCUT2D eigenvalue weighted by Crippen LogP contribution is -2.31. The summed E-state index contributed by atoms with van der Waals surface area (Å²) in [5, 5.41) is 27.0. The summed E-state index contributed by atoms with van der Waals surface area (Å²) in [6.45, 7) is 0. The number of amides is 2. The number of nitrogens with zero attached hydrogens (tertiary/aromatic N) is 1. The van der Waals surface area contributed by atoms with Gasteiger partial charge in [-0.3, -0.25) is 19.7 Å². The van der Waals surface area contributed by atoms with Gasteiger partial charge in [0.15, 0.2) is 0 Å². The molecule has 0 fully saturated rings. The summed E-state index contributed by atoms with van der Waals surface area (Å²) >= 11 is 6.06. The molecule has 0 heterocycles. The van der Waals surface area contributed by atoms with Crippen LogP contribution in [-0.2, 0) is 4.79 Å². The molecule has 0 aliphatic heterocycles. The van der Waals surface area contributed by atoms with Crippen LogP contribution in [0.25, 0.3) is 6.08 Å². The lowest BCUT2D eigenvalue weighted by atomic mass is 10.1. The smallest absolute Gasteiger partial charge is 0.272 e. The Bertz CT molecular complexity index is 1250. The fourth-order valence-corrected chi connectivity index (χ4v) is 2.96. The number of benzene rings is 3. The van der Waals surface area contributed by atoms with Crippen molar-refractivity contribution >= 4 is 46.8 Å². The van der Waals surface area contributed by atoms with Gasteiger partial charge >= 0.3 is 0 Å². The van der Waals surface area contributed by atoms with E-state index >= 15 is 0 Å². The molecule has 0 unspecified atom stereocenters. The van der Waals surface area contributed by atoms with E-state index in [2.05, 4.69) is 10.6 Å². The summed E-state index contributed by atoms with van der Waals surface area (Å²) in [6.07, 6.45) is 1.34. The molecule has 0 radical (unpaired) electrons. The number of carbonyl (C=O) groups excluding carboxylic acids is 3. The molecule has 0 atom stereocenters. The summed E-state index contributed by atoms with van der Waals surface area (Å²) < 4.78 is 0. The molecule has 3 aromatic carbocycles. The molecule has 0 spiro atoms. The third-order valence-corrected chi connectivity index (χ3v) is 4.73. The zero-order valence-electron chi connectivity index (χ0n) is 16.8. The Kier molecular flexibility index (Phi) is 7.17. The number of carboxylic acid groups (broad SMARTS) is 1. The van der Waals surface area contributed by atoms with Crippen molar-refractivity contribution in [3.05, 3.63) is 110 Å². The first-order valence-electron chi connectivity index (χ1n) is 9.39. The maximum absolute atomic E-state index is 12.9. The minimum absolute atomic E-state index is 0.0679. The molecule has 9 nitrogen and oxygen atoms in total. The van der Waals surface area contributed by atoms with Crippen LogP contribution in [0.4, 0.5) is 11.4 Å². The second-order valence-electron chi connectivity index (χ2n) is 6.66. The van der Waals surface area contributed by atoms with Crippen molar-refractivity contribution in [1.82, 2.24) is 5.32 Å². The molecule has 166 valence electrons. The van der Waals surface area contributed by atoms with Gasteiger partial charge in [0.25, 0.3) is 17.5 Å². The van der Waals surface area contributed by atoms with Crippen molar-refractivity contribution in [1.29, 1.82) is 0 Å².